The third kappa shape index (κ3) is 1.16. The van der Waals surface area contributed by atoms with E-state index in [1.807, 2.05) is 17.5 Å². The highest BCUT2D eigenvalue weighted by molar-refractivity contribution is 7.13. The van der Waals surface area contributed by atoms with E-state index in [4.69, 9.17) is 0 Å². The normalized spacial score (nSPS) is 10.0. The summed E-state index contributed by atoms with van der Waals surface area (Å²) in [6.45, 7) is 0. The van der Waals surface area contributed by atoms with Gasteiger partial charge in [-0.2, -0.15) is 0 Å². The molecule has 0 aromatic carbocycles. The Kier molecular flexibility index (Phi) is 1.75. The molecule has 2 aromatic rings. The fraction of sp³-hybridized carbons (Fsp3) is 0. The van der Waals surface area contributed by atoms with Crippen LogP contribution < -0.4 is 0 Å². The third-order valence-corrected chi connectivity index (χ3v) is 2.40. The largest absolute Gasteiger partial charge is 0.335 e. The number of hydrogen-bond acceptors (Lipinski definition) is 3. The molecule has 0 saturated heterocycles. The van der Waals surface area contributed by atoms with E-state index in [-0.39, 0.29) is 0 Å². The van der Waals surface area contributed by atoms with Gasteiger partial charge in [0.2, 0.25) is 0 Å². The molecular weight excluding hydrogens is 172 g/mol. The fourth-order valence-electron chi connectivity index (χ4n) is 0.954. The highest BCUT2D eigenvalue weighted by atomic mass is 32.1. The van der Waals surface area contributed by atoms with E-state index in [9.17, 15) is 4.79 Å². The zero-order valence-corrected chi connectivity index (χ0v) is 6.97. The maximum Gasteiger partial charge on any atom is 0.185 e. The summed E-state index contributed by atoms with van der Waals surface area (Å²) in [5.41, 5.74) is 0.895. The molecule has 2 heterocycles. The lowest BCUT2D eigenvalue weighted by atomic mass is 10.4. The highest BCUT2D eigenvalue weighted by Crippen LogP contribution is 2.21. The first kappa shape index (κ1) is 7.24. The lowest BCUT2D eigenvalue weighted by molar-refractivity contribution is 0.111. The van der Waals surface area contributed by atoms with Gasteiger partial charge in [-0.15, -0.1) is 11.3 Å². The number of H-pyrrole nitrogens is 1. The van der Waals surface area contributed by atoms with Crippen molar-refractivity contribution in [1.82, 2.24) is 9.97 Å². The van der Waals surface area contributed by atoms with Crippen molar-refractivity contribution in [1.29, 1.82) is 0 Å². The predicted octanol–water partition coefficient (Wildman–Crippen LogP) is 1.95. The second kappa shape index (κ2) is 2.91. The lowest BCUT2D eigenvalue weighted by Crippen LogP contribution is -1.80. The Labute approximate surface area is 73.1 Å². The number of rotatable bonds is 2. The van der Waals surface area contributed by atoms with Crippen LogP contribution in [0.1, 0.15) is 10.6 Å². The summed E-state index contributed by atoms with van der Waals surface area (Å²) in [5, 5.41) is 1.98. The Morgan fingerprint density at radius 1 is 1.58 bits per heavy atom. The van der Waals surface area contributed by atoms with Gasteiger partial charge in [-0.1, -0.05) is 6.07 Å². The molecule has 0 amide bonds. The summed E-state index contributed by atoms with van der Waals surface area (Å²) >= 11 is 1.61. The monoisotopic (exact) mass is 178 g/mol. The predicted molar refractivity (Wildman–Crippen MR) is 47.3 cm³/mol. The third-order valence-electron chi connectivity index (χ3n) is 1.49. The van der Waals surface area contributed by atoms with Crippen molar-refractivity contribution in [3.8, 4) is 10.6 Å². The maximum absolute atomic E-state index is 10.3. The first-order valence-corrected chi connectivity index (χ1v) is 4.32. The van der Waals surface area contributed by atoms with Crippen LogP contribution in [0.15, 0.2) is 23.7 Å². The number of carbonyl (C=O) groups excluding carboxylic acids is 1. The van der Waals surface area contributed by atoms with Gasteiger partial charge in [-0.05, 0) is 11.4 Å². The summed E-state index contributed by atoms with van der Waals surface area (Å²) in [6.07, 6.45) is 2.37. The number of carbonyl (C=O) groups is 1. The van der Waals surface area contributed by atoms with Crippen molar-refractivity contribution < 1.29 is 4.79 Å². The zero-order chi connectivity index (χ0) is 8.39. The molecule has 0 aliphatic heterocycles. The molecule has 0 atom stereocenters. The molecule has 0 fully saturated rings. The molecule has 1 N–H and O–H groups in total. The lowest BCUT2D eigenvalue weighted by Gasteiger charge is -1.86. The number of aromatic nitrogens is 2. The molecule has 4 heteroatoms. The molecule has 0 spiro atoms. The topological polar surface area (TPSA) is 45.8 Å². The number of aldehydes is 1. The number of imidazole rings is 1. The Bertz CT molecular complexity index is 377. The molecular formula is C8H6N2OS. The molecule has 60 valence electrons. The van der Waals surface area contributed by atoms with Gasteiger partial charge in [0.1, 0.15) is 0 Å². The van der Waals surface area contributed by atoms with Crippen LogP contribution in [0.3, 0.4) is 0 Å². The van der Waals surface area contributed by atoms with E-state index in [1.165, 1.54) is 0 Å². The molecule has 12 heavy (non-hydrogen) atoms. The summed E-state index contributed by atoms with van der Waals surface area (Å²) in [6, 6.07) is 3.94. The van der Waals surface area contributed by atoms with Gasteiger partial charge < -0.3 is 4.98 Å². The summed E-state index contributed by atoms with van der Waals surface area (Å²) in [4.78, 5) is 18.2. The van der Waals surface area contributed by atoms with Gasteiger partial charge in [-0.3, -0.25) is 4.79 Å². The Balaban J connectivity index is 2.41. The highest BCUT2D eigenvalue weighted by Gasteiger charge is 2.01. The van der Waals surface area contributed by atoms with E-state index in [0.717, 1.165) is 10.6 Å². The van der Waals surface area contributed by atoms with Gasteiger partial charge in [0, 0.05) is 0 Å². The van der Waals surface area contributed by atoms with Gasteiger partial charge in [-0.25, -0.2) is 4.98 Å². The smallest absolute Gasteiger partial charge is 0.185 e. The quantitative estimate of drug-likeness (QED) is 0.714. The van der Waals surface area contributed by atoms with Crippen LogP contribution in [0.4, 0.5) is 0 Å². The number of nitrogens with one attached hydrogen (secondary N) is 1. The standard InChI is InChI=1S/C8H6N2OS/c11-5-8-9-4-6(10-8)7-2-1-3-12-7/h1-5H,(H,9,10). The van der Waals surface area contributed by atoms with E-state index < -0.39 is 0 Å². The fourth-order valence-corrected chi connectivity index (χ4v) is 1.65. The van der Waals surface area contributed by atoms with Crippen molar-refractivity contribution >= 4 is 17.6 Å². The number of aromatic amines is 1. The van der Waals surface area contributed by atoms with E-state index >= 15 is 0 Å². The first-order valence-electron chi connectivity index (χ1n) is 3.44. The molecule has 3 nitrogen and oxygen atoms in total. The Morgan fingerprint density at radius 3 is 3.08 bits per heavy atom. The minimum Gasteiger partial charge on any atom is -0.335 e. The SMILES string of the molecule is O=Cc1ncc(-c2cccs2)[nH]1. The van der Waals surface area contributed by atoms with Crippen LogP contribution in [0, 0.1) is 0 Å². The number of hydrogen-bond donors (Lipinski definition) is 1. The molecule has 0 saturated carbocycles. The van der Waals surface area contributed by atoms with Crippen molar-refractivity contribution in [2.75, 3.05) is 0 Å². The van der Waals surface area contributed by atoms with Crippen molar-refractivity contribution in [2.45, 2.75) is 0 Å². The minimum absolute atomic E-state index is 0.374. The van der Waals surface area contributed by atoms with Gasteiger partial charge in [0.05, 0.1) is 16.8 Å². The van der Waals surface area contributed by atoms with E-state index in [2.05, 4.69) is 9.97 Å². The minimum atomic E-state index is 0.374. The Morgan fingerprint density at radius 2 is 2.50 bits per heavy atom. The van der Waals surface area contributed by atoms with Crippen molar-refractivity contribution in [2.24, 2.45) is 0 Å². The average molecular weight is 178 g/mol. The molecule has 0 aliphatic rings. The van der Waals surface area contributed by atoms with Crippen molar-refractivity contribution in [3.05, 3.63) is 29.5 Å². The van der Waals surface area contributed by atoms with Gasteiger partial charge >= 0.3 is 0 Å². The second-order valence-electron chi connectivity index (χ2n) is 2.28. The zero-order valence-electron chi connectivity index (χ0n) is 6.15. The number of nitrogens with zero attached hydrogens (tertiary/aromatic N) is 1. The molecule has 2 rings (SSSR count). The molecule has 0 unspecified atom stereocenters. The average Bonchev–Trinajstić information content (AvgIpc) is 2.75. The van der Waals surface area contributed by atoms with E-state index in [0.29, 0.717) is 12.1 Å². The van der Waals surface area contributed by atoms with Crippen LogP contribution in [0.25, 0.3) is 10.6 Å². The molecule has 0 aliphatic carbocycles. The number of thiophene rings is 1. The van der Waals surface area contributed by atoms with Crippen LogP contribution in [0.2, 0.25) is 0 Å². The van der Waals surface area contributed by atoms with Crippen LogP contribution in [0.5, 0.6) is 0 Å². The molecule has 0 bridgehead atoms. The van der Waals surface area contributed by atoms with E-state index in [1.54, 1.807) is 17.5 Å². The maximum atomic E-state index is 10.3. The second-order valence-corrected chi connectivity index (χ2v) is 3.22. The molecule has 2 aromatic heterocycles. The molecule has 0 radical (unpaired) electrons. The first-order chi connectivity index (χ1) is 5.90. The summed E-state index contributed by atoms with van der Waals surface area (Å²) in [5.74, 6) is 0.374. The van der Waals surface area contributed by atoms with Crippen LogP contribution in [-0.2, 0) is 0 Å². The Hall–Kier alpha value is -1.42. The van der Waals surface area contributed by atoms with Crippen LogP contribution >= 0.6 is 11.3 Å². The summed E-state index contributed by atoms with van der Waals surface area (Å²) in [7, 11) is 0. The van der Waals surface area contributed by atoms with Crippen molar-refractivity contribution in [3.63, 3.8) is 0 Å². The van der Waals surface area contributed by atoms with Gasteiger partial charge in [0.25, 0.3) is 0 Å². The summed E-state index contributed by atoms with van der Waals surface area (Å²) < 4.78 is 0. The van der Waals surface area contributed by atoms with Gasteiger partial charge in [0.15, 0.2) is 12.1 Å². The van der Waals surface area contributed by atoms with Crippen LogP contribution in [-0.4, -0.2) is 16.3 Å².